The molecule has 1 heterocycles. The maximum Gasteiger partial charge on any atom is 0.227 e. The van der Waals surface area contributed by atoms with Gasteiger partial charge < -0.3 is 10.6 Å². The van der Waals surface area contributed by atoms with Gasteiger partial charge in [-0.25, -0.2) is 0 Å². The molecule has 1 fully saturated rings. The van der Waals surface area contributed by atoms with Gasteiger partial charge in [-0.3, -0.25) is 4.79 Å². The van der Waals surface area contributed by atoms with Crippen LogP contribution in [0.1, 0.15) is 6.42 Å². The Kier molecular flexibility index (Phi) is 2.46. The Morgan fingerprint density at radius 3 is 2.80 bits per heavy atom. The minimum absolute atomic E-state index is 0.123. The summed E-state index contributed by atoms with van der Waals surface area (Å²) in [5, 5.41) is 0. The molecule has 1 saturated heterocycles. The molecule has 0 aliphatic carbocycles. The highest BCUT2D eigenvalue weighted by molar-refractivity contribution is 5.98. The summed E-state index contributed by atoms with van der Waals surface area (Å²) < 4.78 is 0. The molecule has 2 rings (SSSR count). The van der Waals surface area contributed by atoms with E-state index in [-0.39, 0.29) is 11.8 Å². The molecule has 1 amide bonds. The quantitative estimate of drug-likeness (QED) is 0.587. The maximum absolute atomic E-state index is 11.7. The first-order valence-corrected chi connectivity index (χ1v) is 5.00. The smallest absolute Gasteiger partial charge is 0.227 e. The van der Waals surface area contributed by atoms with Crippen LogP contribution >= 0.6 is 0 Å². The number of anilines is 2. The van der Waals surface area contributed by atoms with Gasteiger partial charge in [0.05, 0.1) is 11.4 Å². The fourth-order valence-electron chi connectivity index (χ4n) is 1.86. The SMILES string of the molecule is C=CC1CC(=O)N(c2ccccc2N)C1. The Morgan fingerprint density at radius 1 is 1.47 bits per heavy atom. The highest BCUT2D eigenvalue weighted by Crippen LogP contribution is 2.29. The Balaban J connectivity index is 2.29. The van der Waals surface area contributed by atoms with Gasteiger partial charge in [0.1, 0.15) is 0 Å². The number of para-hydroxylation sites is 2. The molecular weight excluding hydrogens is 188 g/mol. The van der Waals surface area contributed by atoms with Crippen LogP contribution in [-0.4, -0.2) is 12.5 Å². The van der Waals surface area contributed by atoms with E-state index in [4.69, 9.17) is 5.73 Å². The molecule has 15 heavy (non-hydrogen) atoms. The summed E-state index contributed by atoms with van der Waals surface area (Å²) in [6, 6.07) is 7.44. The van der Waals surface area contributed by atoms with Crippen LogP contribution < -0.4 is 10.6 Å². The van der Waals surface area contributed by atoms with E-state index in [0.717, 1.165) is 5.69 Å². The van der Waals surface area contributed by atoms with Gasteiger partial charge in [0, 0.05) is 18.9 Å². The summed E-state index contributed by atoms with van der Waals surface area (Å²) in [7, 11) is 0. The van der Waals surface area contributed by atoms with Crippen LogP contribution in [-0.2, 0) is 4.79 Å². The molecular formula is C12H14N2O. The Morgan fingerprint density at radius 2 is 2.20 bits per heavy atom. The first-order chi connectivity index (χ1) is 7.22. The molecule has 2 N–H and O–H groups in total. The zero-order chi connectivity index (χ0) is 10.8. The van der Waals surface area contributed by atoms with Crippen LogP contribution in [0.4, 0.5) is 11.4 Å². The molecule has 0 radical (unpaired) electrons. The first kappa shape index (κ1) is 9.77. The van der Waals surface area contributed by atoms with Gasteiger partial charge in [0.25, 0.3) is 0 Å². The predicted molar refractivity (Wildman–Crippen MR) is 61.5 cm³/mol. The number of nitrogen functional groups attached to an aromatic ring is 1. The van der Waals surface area contributed by atoms with Crippen LogP contribution in [0.15, 0.2) is 36.9 Å². The monoisotopic (exact) mass is 202 g/mol. The number of nitrogens with zero attached hydrogens (tertiary/aromatic N) is 1. The van der Waals surface area contributed by atoms with Gasteiger partial charge in [-0.2, -0.15) is 0 Å². The van der Waals surface area contributed by atoms with Crippen molar-refractivity contribution < 1.29 is 4.79 Å². The highest BCUT2D eigenvalue weighted by atomic mass is 16.2. The largest absolute Gasteiger partial charge is 0.397 e. The minimum atomic E-state index is 0.123. The molecule has 1 aliphatic heterocycles. The number of rotatable bonds is 2. The van der Waals surface area contributed by atoms with Gasteiger partial charge in [-0.15, -0.1) is 6.58 Å². The number of carbonyl (C=O) groups is 1. The summed E-state index contributed by atoms with van der Waals surface area (Å²) in [5.41, 5.74) is 7.29. The van der Waals surface area contributed by atoms with Crippen LogP contribution in [0.3, 0.4) is 0 Å². The topological polar surface area (TPSA) is 46.3 Å². The van der Waals surface area contributed by atoms with E-state index in [1.807, 2.05) is 30.3 Å². The number of benzene rings is 1. The fraction of sp³-hybridized carbons (Fsp3) is 0.250. The lowest BCUT2D eigenvalue weighted by atomic mass is 10.1. The van der Waals surface area contributed by atoms with Crippen LogP contribution in [0.25, 0.3) is 0 Å². The molecule has 1 unspecified atom stereocenters. The first-order valence-electron chi connectivity index (χ1n) is 5.00. The second kappa shape index (κ2) is 3.77. The summed E-state index contributed by atoms with van der Waals surface area (Å²) in [6.07, 6.45) is 2.37. The number of hydrogen-bond acceptors (Lipinski definition) is 2. The van der Waals surface area contributed by atoms with E-state index in [1.54, 1.807) is 4.90 Å². The van der Waals surface area contributed by atoms with Crippen molar-refractivity contribution in [2.24, 2.45) is 5.92 Å². The van der Waals surface area contributed by atoms with E-state index in [9.17, 15) is 4.79 Å². The Bertz CT molecular complexity index is 400. The van der Waals surface area contributed by atoms with Crippen molar-refractivity contribution in [2.45, 2.75) is 6.42 Å². The third-order valence-electron chi connectivity index (χ3n) is 2.72. The zero-order valence-corrected chi connectivity index (χ0v) is 8.52. The maximum atomic E-state index is 11.7. The van der Waals surface area contributed by atoms with E-state index in [1.165, 1.54) is 0 Å². The zero-order valence-electron chi connectivity index (χ0n) is 8.52. The number of nitrogens with two attached hydrogens (primary N) is 1. The molecule has 1 atom stereocenters. The number of hydrogen-bond donors (Lipinski definition) is 1. The van der Waals surface area contributed by atoms with Crippen molar-refractivity contribution >= 4 is 17.3 Å². The van der Waals surface area contributed by atoms with E-state index >= 15 is 0 Å². The summed E-state index contributed by atoms with van der Waals surface area (Å²) in [5.74, 6) is 0.370. The van der Waals surface area contributed by atoms with Gasteiger partial charge in [0.15, 0.2) is 0 Å². The van der Waals surface area contributed by atoms with E-state index in [0.29, 0.717) is 18.7 Å². The predicted octanol–water partition coefficient (Wildman–Crippen LogP) is 1.81. The fourth-order valence-corrected chi connectivity index (χ4v) is 1.86. The molecule has 0 bridgehead atoms. The number of carbonyl (C=O) groups excluding carboxylic acids is 1. The second-order valence-corrected chi connectivity index (χ2v) is 3.76. The van der Waals surface area contributed by atoms with Crippen LogP contribution in [0.2, 0.25) is 0 Å². The van der Waals surface area contributed by atoms with Gasteiger partial charge >= 0.3 is 0 Å². The molecule has 0 saturated carbocycles. The van der Waals surface area contributed by atoms with Crippen molar-refractivity contribution in [2.75, 3.05) is 17.2 Å². The van der Waals surface area contributed by atoms with Gasteiger partial charge in [0.2, 0.25) is 5.91 Å². The minimum Gasteiger partial charge on any atom is -0.397 e. The third-order valence-corrected chi connectivity index (χ3v) is 2.72. The third kappa shape index (κ3) is 1.73. The van der Waals surface area contributed by atoms with Crippen LogP contribution in [0, 0.1) is 5.92 Å². The highest BCUT2D eigenvalue weighted by Gasteiger charge is 2.29. The van der Waals surface area contributed by atoms with E-state index < -0.39 is 0 Å². The van der Waals surface area contributed by atoms with Gasteiger partial charge in [-0.1, -0.05) is 18.2 Å². The lowest BCUT2D eigenvalue weighted by Gasteiger charge is -2.17. The average molecular weight is 202 g/mol. The van der Waals surface area contributed by atoms with Crippen molar-refractivity contribution in [3.63, 3.8) is 0 Å². The second-order valence-electron chi connectivity index (χ2n) is 3.76. The molecule has 1 aliphatic rings. The van der Waals surface area contributed by atoms with Crippen molar-refractivity contribution in [3.8, 4) is 0 Å². The Hall–Kier alpha value is -1.77. The normalized spacial score (nSPS) is 20.7. The molecule has 1 aromatic rings. The number of amides is 1. The van der Waals surface area contributed by atoms with Crippen molar-refractivity contribution in [1.82, 2.24) is 0 Å². The molecule has 0 spiro atoms. The van der Waals surface area contributed by atoms with E-state index in [2.05, 4.69) is 6.58 Å². The molecule has 3 nitrogen and oxygen atoms in total. The average Bonchev–Trinajstić information content (AvgIpc) is 2.60. The lowest BCUT2D eigenvalue weighted by molar-refractivity contribution is -0.117. The lowest BCUT2D eigenvalue weighted by Crippen LogP contribution is -2.25. The summed E-state index contributed by atoms with van der Waals surface area (Å²) >= 11 is 0. The standard InChI is InChI=1S/C12H14N2O/c1-2-9-7-12(15)14(8-9)11-6-4-3-5-10(11)13/h2-6,9H,1,7-8,13H2. The van der Waals surface area contributed by atoms with Crippen molar-refractivity contribution in [3.05, 3.63) is 36.9 Å². The van der Waals surface area contributed by atoms with Crippen molar-refractivity contribution in [1.29, 1.82) is 0 Å². The molecule has 0 aromatic heterocycles. The molecule has 78 valence electrons. The Labute approximate surface area is 89.2 Å². The summed E-state index contributed by atoms with van der Waals surface area (Å²) in [4.78, 5) is 13.5. The van der Waals surface area contributed by atoms with Gasteiger partial charge in [-0.05, 0) is 12.1 Å². The molecule has 3 heteroatoms. The molecule has 1 aromatic carbocycles. The van der Waals surface area contributed by atoms with Crippen LogP contribution in [0.5, 0.6) is 0 Å². The summed E-state index contributed by atoms with van der Waals surface area (Å²) in [6.45, 7) is 4.41.